The third-order valence-corrected chi connectivity index (χ3v) is 8.74. The molecule has 3 atom stereocenters. The highest BCUT2D eigenvalue weighted by Crippen LogP contribution is 2.45. The smallest absolute Gasteiger partial charge is 0.276 e. The van der Waals surface area contributed by atoms with Gasteiger partial charge in [-0.15, -0.1) is 0 Å². The Morgan fingerprint density at radius 1 is 1.05 bits per heavy atom. The Balaban J connectivity index is 1.24. The van der Waals surface area contributed by atoms with Gasteiger partial charge in [0.2, 0.25) is 17.8 Å². The average molecular weight is 608 g/mol. The summed E-state index contributed by atoms with van der Waals surface area (Å²) in [5.41, 5.74) is 1.29. The van der Waals surface area contributed by atoms with Crippen LogP contribution in [0.4, 0.5) is 17.6 Å². The monoisotopic (exact) mass is 607 g/mol. The van der Waals surface area contributed by atoms with Gasteiger partial charge < -0.3 is 15.7 Å². The Labute approximate surface area is 243 Å². The molecule has 232 valence electrons. The van der Waals surface area contributed by atoms with Crippen LogP contribution in [0.2, 0.25) is 0 Å². The van der Waals surface area contributed by atoms with E-state index >= 15 is 0 Å². The van der Waals surface area contributed by atoms with Gasteiger partial charge in [-0.05, 0) is 67.1 Å². The van der Waals surface area contributed by atoms with Gasteiger partial charge in [0.25, 0.3) is 5.91 Å². The number of hydrogen-bond acceptors (Lipinski definition) is 8. The van der Waals surface area contributed by atoms with Crippen molar-refractivity contribution in [1.82, 2.24) is 35.5 Å². The maximum absolute atomic E-state index is 14.0. The van der Waals surface area contributed by atoms with Gasteiger partial charge in [0.15, 0.2) is 11.3 Å². The van der Waals surface area contributed by atoms with E-state index in [1.54, 1.807) is 18.5 Å². The van der Waals surface area contributed by atoms with Gasteiger partial charge in [-0.3, -0.25) is 9.59 Å². The number of nitrogens with one attached hydrogen (secondary N) is 2. The highest BCUT2D eigenvalue weighted by atomic mass is 19.3. The molecule has 3 aliphatic rings. The molecule has 3 aliphatic carbocycles. The average Bonchev–Trinajstić information content (AvgIpc) is 3.47. The van der Waals surface area contributed by atoms with Gasteiger partial charge in [-0.25, -0.2) is 31.7 Å². The summed E-state index contributed by atoms with van der Waals surface area (Å²) < 4.78 is 60.6. The molecule has 0 radical (unpaired) electrons. The molecule has 0 spiro atoms. The van der Waals surface area contributed by atoms with Gasteiger partial charge in [0.1, 0.15) is 5.69 Å². The maximum Gasteiger partial charge on any atom is 0.276 e. The van der Waals surface area contributed by atoms with E-state index in [9.17, 15) is 32.3 Å². The second kappa shape index (κ2) is 11.1. The first-order valence-corrected chi connectivity index (χ1v) is 14.6. The van der Waals surface area contributed by atoms with Crippen molar-refractivity contribution < 1.29 is 36.9 Å². The fourth-order valence-corrected chi connectivity index (χ4v) is 6.22. The zero-order chi connectivity index (χ0) is 30.5. The van der Waals surface area contributed by atoms with Crippen LogP contribution in [0.15, 0.2) is 23.1 Å². The lowest BCUT2D eigenvalue weighted by Crippen LogP contribution is -2.39. The van der Waals surface area contributed by atoms with Crippen LogP contribution < -0.4 is 10.6 Å². The number of amides is 2. The molecule has 0 aliphatic heterocycles. The standard InChI is InChI=1S/C28H33F4N7O4/c1-14(40)22-25(38-43-37-22)26(42)36-24(17-4-6-27(29,30)7-5-17)19-13-39-20(34-19)9-18(12-33-39)23(16-2-3-16)35-21(41)8-15-10-28(31,32)11-15/h9,12-17,23-24,40H,2-8,10-11H2,1H3,(H,35,41)(H,36,42)/t14-,23?,24-/m0/s1. The lowest BCUT2D eigenvalue weighted by molar-refractivity contribution is -0.134. The molecular formula is C28H33F4N7O4. The number of carbonyl (C=O) groups excluding carboxylic acids is 2. The Morgan fingerprint density at radius 3 is 2.40 bits per heavy atom. The number of imidazole rings is 1. The van der Waals surface area contributed by atoms with Crippen LogP contribution in [0.5, 0.6) is 0 Å². The summed E-state index contributed by atoms with van der Waals surface area (Å²) in [6.45, 7) is 1.41. The number of carbonyl (C=O) groups is 2. The molecule has 3 fully saturated rings. The summed E-state index contributed by atoms with van der Waals surface area (Å²) in [5, 5.41) is 27.5. The van der Waals surface area contributed by atoms with E-state index in [0.29, 0.717) is 16.9 Å². The zero-order valence-corrected chi connectivity index (χ0v) is 23.5. The second-order valence-corrected chi connectivity index (χ2v) is 12.3. The van der Waals surface area contributed by atoms with Crippen molar-refractivity contribution in [3.05, 3.63) is 41.1 Å². The minimum absolute atomic E-state index is 0.0433. The molecular weight excluding hydrogens is 574 g/mol. The molecule has 2 amide bonds. The van der Waals surface area contributed by atoms with Crippen molar-refractivity contribution in [2.45, 2.75) is 94.7 Å². The normalized spacial score (nSPS) is 22.5. The Morgan fingerprint density at radius 2 is 1.74 bits per heavy atom. The molecule has 6 rings (SSSR count). The van der Waals surface area contributed by atoms with E-state index in [4.69, 9.17) is 4.98 Å². The van der Waals surface area contributed by atoms with Crippen molar-refractivity contribution in [1.29, 1.82) is 0 Å². The van der Waals surface area contributed by atoms with Crippen LogP contribution in [-0.4, -0.2) is 53.7 Å². The zero-order valence-electron chi connectivity index (χ0n) is 23.5. The maximum atomic E-state index is 14.0. The Kier molecular flexibility index (Phi) is 7.63. The van der Waals surface area contributed by atoms with Gasteiger partial charge >= 0.3 is 0 Å². The summed E-state index contributed by atoms with van der Waals surface area (Å²) >= 11 is 0. The number of alkyl halides is 4. The van der Waals surface area contributed by atoms with Gasteiger partial charge in [0.05, 0.1) is 36.3 Å². The fourth-order valence-electron chi connectivity index (χ4n) is 6.22. The van der Waals surface area contributed by atoms with Crippen molar-refractivity contribution in [2.75, 3.05) is 0 Å². The molecule has 0 aromatic carbocycles. The van der Waals surface area contributed by atoms with E-state index in [1.165, 1.54) is 11.4 Å². The molecule has 11 nitrogen and oxygen atoms in total. The largest absolute Gasteiger partial charge is 0.387 e. The van der Waals surface area contributed by atoms with Gasteiger partial charge in [0, 0.05) is 32.1 Å². The van der Waals surface area contributed by atoms with E-state index < -0.39 is 29.9 Å². The number of nitrogens with zero attached hydrogens (tertiary/aromatic N) is 5. The van der Waals surface area contributed by atoms with Gasteiger partial charge in [-0.2, -0.15) is 5.10 Å². The van der Waals surface area contributed by atoms with Crippen molar-refractivity contribution in [2.24, 2.45) is 17.8 Å². The van der Waals surface area contributed by atoms with Crippen LogP contribution in [0.1, 0.15) is 110 Å². The SMILES string of the molecule is C[C@H](O)c1nonc1C(=O)N[C@H](c1cn2ncc(C(NC(=O)CC3CC(F)(F)C3)C3CC3)cc2n1)C1CCC(F)(F)CC1. The Hall–Kier alpha value is -3.62. The van der Waals surface area contributed by atoms with Gasteiger partial charge in [-0.1, -0.05) is 5.16 Å². The van der Waals surface area contributed by atoms with Crippen molar-refractivity contribution in [3.63, 3.8) is 0 Å². The number of fused-ring (bicyclic) bond motifs is 1. The number of hydrogen-bond donors (Lipinski definition) is 3. The van der Waals surface area contributed by atoms with Crippen LogP contribution in [0.25, 0.3) is 5.65 Å². The predicted octanol–water partition coefficient (Wildman–Crippen LogP) is 4.46. The van der Waals surface area contributed by atoms with Crippen molar-refractivity contribution in [3.8, 4) is 0 Å². The van der Waals surface area contributed by atoms with Crippen LogP contribution in [0.3, 0.4) is 0 Å². The number of halogens is 4. The molecule has 3 aromatic heterocycles. The van der Waals surface area contributed by atoms with Crippen LogP contribution in [-0.2, 0) is 4.79 Å². The quantitative estimate of drug-likeness (QED) is 0.286. The topological polar surface area (TPSA) is 148 Å². The van der Waals surface area contributed by atoms with Crippen LogP contribution >= 0.6 is 0 Å². The number of aromatic nitrogens is 5. The van der Waals surface area contributed by atoms with Crippen molar-refractivity contribution >= 4 is 17.5 Å². The molecule has 1 unspecified atom stereocenters. The summed E-state index contributed by atoms with van der Waals surface area (Å²) in [4.78, 5) is 30.6. The predicted molar refractivity (Wildman–Crippen MR) is 141 cm³/mol. The van der Waals surface area contributed by atoms with E-state index in [-0.39, 0.29) is 86.0 Å². The van der Waals surface area contributed by atoms with Crippen LogP contribution in [0, 0.1) is 17.8 Å². The minimum atomic E-state index is -2.78. The third-order valence-electron chi connectivity index (χ3n) is 8.74. The summed E-state index contributed by atoms with van der Waals surface area (Å²) in [5.74, 6) is -6.93. The van der Waals surface area contributed by atoms with E-state index in [0.717, 1.165) is 12.8 Å². The molecule has 3 heterocycles. The highest BCUT2D eigenvalue weighted by molar-refractivity contribution is 5.93. The molecule has 3 aromatic rings. The van der Waals surface area contributed by atoms with E-state index in [2.05, 4.69) is 30.7 Å². The first-order valence-electron chi connectivity index (χ1n) is 14.6. The Bertz CT molecular complexity index is 1490. The highest BCUT2D eigenvalue weighted by Gasteiger charge is 2.46. The summed E-state index contributed by atoms with van der Waals surface area (Å²) in [6.07, 6.45) is 3.06. The molecule has 3 N–H and O–H groups in total. The lowest BCUT2D eigenvalue weighted by Gasteiger charge is -2.34. The summed E-state index contributed by atoms with van der Waals surface area (Å²) in [7, 11) is 0. The number of aliphatic hydroxyl groups is 1. The fraction of sp³-hybridized carbons (Fsp3) is 0.643. The second-order valence-electron chi connectivity index (χ2n) is 12.3. The summed E-state index contributed by atoms with van der Waals surface area (Å²) in [6, 6.07) is 0.658. The molecule has 3 saturated carbocycles. The first kappa shape index (κ1) is 29.5. The lowest BCUT2D eigenvalue weighted by atomic mass is 9.79. The third kappa shape index (κ3) is 6.50. The van der Waals surface area contributed by atoms with E-state index in [1.807, 2.05) is 0 Å². The molecule has 0 saturated heterocycles. The number of rotatable bonds is 10. The minimum Gasteiger partial charge on any atom is -0.387 e. The molecule has 0 bridgehead atoms. The first-order chi connectivity index (χ1) is 20.4. The number of aliphatic hydroxyl groups excluding tert-OH is 1. The molecule has 43 heavy (non-hydrogen) atoms. The molecule has 15 heteroatoms.